The molecule has 0 bridgehead atoms. The molecule has 2 aromatic carbocycles. The molecule has 0 unspecified atom stereocenters. The van der Waals surface area contributed by atoms with Crippen LogP contribution in [-0.2, 0) is 0 Å². The first-order valence-corrected chi connectivity index (χ1v) is 8.42. The maximum atomic E-state index is 12.9. The van der Waals surface area contributed by atoms with Gasteiger partial charge in [-0.3, -0.25) is 4.79 Å². The van der Waals surface area contributed by atoms with E-state index in [0.29, 0.717) is 5.92 Å². The van der Waals surface area contributed by atoms with Crippen molar-refractivity contribution in [3.05, 3.63) is 70.6 Å². The van der Waals surface area contributed by atoms with Gasteiger partial charge in [-0.05, 0) is 31.0 Å². The van der Waals surface area contributed by atoms with Crippen molar-refractivity contribution in [2.24, 2.45) is 0 Å². The average Bonchev–Trinajstić information content (AvgIpc) is 2.64. The number of rotatable bonds is 2. The van der Waals surface area contributed by atoms with Gasteiger partial charge in [-0.2, -0.15) is 9.78 Å². The summed E-state index contributed by atoms with van der Waals surface area (Å²) in [5.41, 5.74) is 1.88. The first-order valence-electron chi connectivity index (χ1n) is 8.42. The summed E-state index contributed by atoms with van der Waals surface area (Å²) in [5, 5.41) is 6.59. The first-order chi connectivity index (χ1) is 11.3. The predicted octanol–water partition coefficient (Wildman–Crippen LogP) is 4.43. The van der Waals surface area contributed by atoms with Crippen molar-refractivity contribution >= 4 is 10.8 Å². The van der Waals surface area contributed by atoms with Crippen LogP contribution in [0.5, 0.6) is 0 Å². The molecule has 0 radical (unpaired) electrons. The molecule has 116 valence electrons. The molecule has 0 atom stereocenters. The van der Waals surface area contributed by atoms with Gasteiger partial charge in [-0.25, -0.2) is 0 Å². The number of aromatic nitrogens is 2. The molecule has 3 nitrogen and oxygen atoms in total. The van der Waals surface area contributed by atoms with Crippen molar-refractivity contribution in [3.8, 4) is 5.69 Å². The van der Waals surface area contributed by atoms with Crippen LogP contribution >= 0.6 is 0 Å². The Hall–Kier alpha value is -2.42. The van der Waals surface area contributed by atoms with Crippen molar-refractivity contribution < 1.29 is 0 Å². The zero-order valence-electron chi connectivity index (χ0n) is 13.1. The van der Waals surface area contributed by atoms with E-state index in [1.807, 2.05) is 54.6 Å². The van der Waals surface area contributed by atoms with Crippen molar-refractivity contribution in [3.63, 3.8) is 0 Å². The smallest absolute Gasteiger partial charge is 0.267 e. The number of fused-ring (bicyclic) bond motifs is 1. The fourth-order valence-corrected chi connectivity index (χ4v) is 3.64. The Morgan fingerprint density at radius 1 is 0.826 bits per heavy atom. The van der Waals surface area contributed by atoms with Crippen LogP contribution in [0.25, 0.3) is 16.5 Å². The zero-order chi connectivity index (χ0) is 15.6. The summed E-state index contributed by atoms with van der Waals surface area (Å²) >= 11 is 0. The van der Waals surface area contributed by atoms with E-state index in [1.165, 1.54) is 32.1 Å². The standard InChI is InChI=1S/C20H20N2O/c23-20-18-14-8-7-13-17(18)19(15-9-3-1-4-10-15)21-22(20)16-11-5-2-6-12-16/h2,5-8,11-15H,1,3-4,9-10H2. The summed E-state index contributed by atoms with van der Waals surface area (Å²) < 4.78 is 1.58. The largest absolute Gasteiger partial charge is 0.279 e. The summed E-state index contributed by atoms with van der Waals surface area (Å²) in [4.78, 5) is 12.9. The molecule has 0 saturated heterocycles. The number of nitrogens with zero attached hydrogens (tertiary/aromatic N) is 2. The highest BCUT2D eigenvalue weighted by atomic mass is 16.1. The van der Waals surface area contributed by atoms with Gasteiger partial charge in [0.05, 0.1) is 16.8 Å². The minimum absolute atomic E-state index is 0.0358. The van der Waals surface area contributed by atoms with Crippen molar-refractivity contribution in [2.75, 3.05) is 0 Å². The van der Waals surface area contributed by atoms with Crippen molar-refractivity contribution in [1.29, 1.82) is 0 Å². The van der Waals surface area contributed by atoms with Gasteiger partial charge in [-0.15, -0.1) is 0 Å². The van der Waals surface area contributed by atoms with E-state index in [9.17, 15) is 4.79 Å². The van der Waals surface area contributed by atoms with Gasteiger partial charge in [0.2, 0.25) is 0 Å². The van der Waals surface area contributed by atoms with Gasteiger partial charge in [-0.1, -0.05) is 55.7 Å². The van der Waals surface area contributed by atoms with Gasteiger partial charge >= 0.3 is 0 Å². The lowest BCUT2D eigenvalue weighted by Gasteiger charge is -2.23. The molecule has 1 fully saturated rings. The van der Waals surface area contributed by atoms with Gasteiger partial charge in [0.15, 0.2) is 0 Å². The lowest BCUT2D eigenvalue weighted by molar-refractivity contribution is 0.434. The monoisotopic (exact) mass is 304 g/mol. The Balaban J connectivity index is 1.97. The zero-order valence-corrected chi connectivity index (χ0v) is 13.1. The van der Waals surface area contributed by atoms with Crippen LogP contribution in [0.1, 0.15) is 43.7 Å². The van der Waals surface area contributed by atoms with Gasteiger partial charge in [0.1, 0.15) is 0 Å². The molecular weight excluding hydrogens is 284 g/mol. The van der Waals surface area contributed by atoms with Crippen LogP contribution in [0.2, 0.25) is 0 Å². The highest BCUT2D eigenvalue weighted by Crippen LogP contribution is 2.34. The molecule has 1 heterocycles. The SMILES string of the molecule is O=c1c2ccccc2c(C2CCCCC2)nn1-c1ccccc1. The molecule has 4 rings (SSSR count). The summed E-state index contributed by atoms with van der Waals surface area (Å²) in [6.07, 6.45) is 6.16. The highest BCUT2D eigenvalue weighted by molar-refractivity contribution is 5.84. The fourth-order valence-electron chi connectivity index (χ4n) is 3.64. The summed E-state index contributed by atoms with van der Waals surface area (Å²) in [5.74, 6) is 0.462. The Morgan fingerprint density at radius 2 is 1.48 bits per heavy atom. The predicted molar refractivity (Wildman–Crippen MR) is 93.2 cm³/mol. The van der Waals surface area contributed by atoms with Crippen molar-refractivity contribution in [1.82, 2.24) is 9.78 Å². The van der Waals surface area contributed by atoms with E-state index in [4.69, 9.17) is 5.10 Å². The molecule has 0 N–H and O–H groups in total. The maximum absolute atomic E-state index is 12.9. The molecule has 0 aliphatic heterocycles. The molecule has 0 amide bonds. The third kappa shape index (κ3) is 2.56. The molecule has 1 aliphatic carbocycles. The summed E-state index contributed by atoms with van der Waals surface area (Å²) in [7, 11) is 0. The second kappa shape index (κ2) is 5.99. The summed E-state index contributed by atoms with van der Waals surface area (Å²) in [6, 6.07) is 17.6. The van der Waals surface area contributed by atoms with Crippen LogP contribution in [-0.4, -0.2) is 9.78 Å². The minimum atomic E-state index is -0.0358. The normalized spacial score (nSPS) is 15.8. The van der Waals surface area contributed by atoms with E-state index in [2.05, 4.69) is 0 Å². The Morgan fingerprint density at radius 3 is 2.22 bits per heavy atom. The number of para-hydroxylation sites is 1. The number of hydrogen-bond donors (Lipinski definition) is 0. The average molecular weight is 304 g/mol. The van der Waals surface area contributed by atoms with Gasteiger partial charge in [0, 0.05) is 11.3 Å². The Bertz CT molecular complexity index is 877. The van der Waals surface area contributed by atoms with Crippen LogP contribution in [0, 0.1) is 0 Å². The topological polar surface area (TPSA) is 34.9 Å². The molecule has 1 saturated carbocycles. The second-order valence-corrected chi connectivity index (χ2v) is 6.32. The third-order valence-electron chi connectivity index (χ3n) is 4.83. The van der Waals surface area contributed by atoms with Gasteiger partial charge in [0.25, 0.3) is 5.56 Å². The lowest BCUT2D eigenvalue weighted by atomic mass is 9.85. The Kier molecular flexibility index (Phi) is 3.70. The quantitative estimate of drug-likeness (QED) is 0.702. The molecule has 0 spiro atoms. The van der Waals surface area contributed by atoms with Gasteiger partial charge < -0.3 is 0 Å². The van der Waals surface area contributed by atoms with E-state index in [1.54, 1.807) is 4.68 Å². The molecule has 23 heavy (non-hydrogen) atoms. The molecule has 1 aromatic heterocycles. The van der Waals surface area contributed by atoms with Crippen LogP contribution < -0.4 is 5.56 Å². The first kappa shape index (κ1) is 14.2. The molecular formula is C20H20N2O. The van der Waals surface area contributed by atoms with Crippen LogP contribution in [0.15, 0.2) is 59.4 Å². The fraction of sp³-hybridized carbons (Fsp3) is 0.300. The second-order valence-electron chi connectivity index (χ2n) is 6.32. The third-order valence-corrected chi connectivity index (χ3v) is 4.83. The lowest BCUT2D eigenvalue weighted by Crippen LogP contribution is -2.24. The highest BCUT2D eigenvalue weighted by Gasteiger charge is 2.21. The maximum Gasteiger partial charge on any atom is 0.279 e. The number of benzene rings is 2. The van der Waals surface area contributed by atoms with Crippen molar-refractivity contribution in [2.45, 2.75) is 38.0 Å². The Labute approximate surface area is 135 Å². The molecule has 3 aromatic rings. The molecule has 3 heteroatoms. The van der Waals surface area contributed by atoms with E-state index in [0.717, 1.165) is 22.2 Å². The van der Waals surface area contributed by atoms with Crippen LogP contribution in [0.3, 0.4) is 0 Å². The van der Waals surface area contributed by atoms with E-state index in [-0.39, 0.29) is 5.56 Å². The number of hydrogen-bond acceptors (Lipinski definition) is 2. The van der Waals surface area contributed by atoms with E-state index >= 15 is 0 Å². The van der Waals surface area contributed by atoms with E-state index < -0.39 is 0 Å². The summed E-state index contributed by atoms with van der Waals surface area (Å²) in [6.45, 7) is 0. The van der Waals surface area contributed by atoms with Crippen LogP contribution in [0.4, 0.5) is 0 Å². The minimum Gasteiger partial charge on any atom is -0.267 e. The molecule has 1 aliphatic rings.